The third-order valence-corrected chi connectivity index (χ3v) is 3.91. The van der Waals surface area contributed by atoms with Crippen LogP contribution in [0.4, 0.5) is 4.39 Å². The fourth-order valence-electron chi connectivity index (χ4n) is 1.73. The Morgan fingerprint density at radius 2 is 1.95 bits per heavy atom. The molecule has 0 aliphatic rings. The number of methoxy groups -OCH3 is 1. The minimum absolute atomic E-state index is 0.319. The molecular weight excluding hydrogens is 261 g/mol. The Labute approximate surface area is 116 Å². The number of rotatable bonds is 5. The van der Waals surface area contributed by atoms with Gasteiger partial charge in [0.2, 0.25) is 0 Å². The lowest BCUT2D eigenvalue weighted by Gasteiger charge is -2.13. The summed E-state index contributed by atoms with van der Waals surface area (Å²) in [6, 6.07) is 14.4. The zero-order chi connectivity index (χ0) is 13.7. The minimum atomic E-state index is -0.337. The second kappa shape index (κ2) is 6.59. The van der Waals surface area contributed by atoms with Gasteiger partial charge in [0.25, 0.3) is 0 Å². The van der Waals surface area contributed by atoms with Crippen molar-refractivity contribution < 1.29 is 9.13 Å². The number of hydrogen-bond acceptors (Lipinski definition) is 3. The number of thioether (sulfide) groups is 1. The third kappa shape index (κ3) is 3.72. The van der Waals surface area contributed by atoms with Crippen molar-refractivity contribution in [2.45, 2.75) is 10.9 Å². The molecule has 0 aliphatic heterocycles. The zero-order valence-electron chi connectivity index (χ0n) is 10.7. The SMILES string of the molecule is COc1ccc(C(N)CSc2ccccc2)c(F)c1. The first kappa shape index (κ1) is 13.9. The zero-order valence-corrected chi connectivity index (χ0v) is 11.5. The highest BCUT2D eigenvalue weighted by atomic mass is 32.2. The van der Waals surface area contributed by atoms with E-state index in [0.717, 1.165) is 4.90 Å². The number of hydrogen-bond donors (Lipinski definition) is 1. The third-order valence-electron chi connectivity index (χ3n) is 2.78. The lowest BCUT2D eigenvalue weighted by molar-refractivity contribution is 0.410. The van der Waals surface area contributed by atoms with E-state index in [0.29, 0.717) is 17.1 Å². The predicted octanol–water partition coefficient (Wildman–Crippen LogP) is 3.63. The summed E-state index contributed by atoms with van der Waals surface area (Å²) in [6.45, 7) is 0. The second-order valence-electron chi connectivity index (χ2n) is 4.12. The molecule has 1 unspecified atom stereocenters. The lowest BCUT2D eigenvalue weighted by Crippen LogP contribution is -2.14. The Morgan fingerprint density at radius 3 is 2.58 bits per heavy atom. The average molecular weight is 277 g/mol. The van der Waals surface area contributed by atoms with Crippen molar-refractivity contribution in [1.82, 2.24) is 0 Å². The monoisotopic (exact) mass is 277 g/mol. The molecule has 0 amide bonds. The van der Waals surface area contributed by atoms with Crippen LogP contribution in [-0.2, 0) is 0 Å². The molecule has 19 heavy (non-hydrogen) atoms. The molecule has 0 aliphatic carbocycles. The quantitative estimate of drug-likeness (QED) is 0.848. The second-order valence-corrected chi connectivity index (χ2v) is 5.21. The maximum absolute atomic E-state index is 13.8. The fourth-order valence-corrected chi connectivity index (χ4v) is 2.63. The van der Waals surface area contributed by atoms with Gasteiger partial charge in [0.05, 0.1) is 7.11 Å². The van der Waals surface area contributed by atoms with Crippen LogP contribution in [0, 0.1) is 5.82 Å². The Morgan fingerprint density at radius 1 is 1.21 bits per heavy atom. The highest BCUT2D eigenvalue weighted by molar-refractivity contribution is 7.99. The van der Waals surface area contributed by atoms with Crippen molar-refractivity contribution >= 4 is 11.8 Å². The summed E-state index contributed by atoms with van der Waals surface area (Å²) in [5.74, 6) is 0.817. The normalized spacial score (nSPS) is 12.2. The predicted molar refractivity (Wildman–Crippen MR) is 77.0 cm³/mol. The van der Waals surface area contributed by atoms with E-state index in [1.54, 1.807) is 23.9 Å². The highest BCUT2D eigenvalue weighted by Crippen LogP contribution is 2.26. The Hall–Kier alpha value is -1.52. The summed E-state index contributed by atoms with van der Waals surface area (Å²) in [6.07, 6.45) is 0. The van der Waals surface area contributed by atoms with Crippen LogP contribution in [0.15, 0.2) is 53.4 Å². The Balaban J connectivity index is 2.02. The topological polar surface area (TPSA) is 35.2 Å². The first-order chi connectivity index (χ1) is 9.20. The van der Waals surface area contributed by atoms with Crippen LogP contribution in [0.2, 0.25) is 0 Å². The van der Waals surface area contributed by atoms with E-state index in [1.807, 2.05) is 30.3 Å². The number of ether oxygens (including phenoxy) is 1. The smallest absolute Gasteiger partial charge is 0.131 e. The maximum atomic E-state index is 13.8. The molecule has 4 heteroatoms. The molecular formula is C15H16FNOS. The van der Waals surface area contributed by atoms with E-state index in [4.69, 9.17) is 10.5 Å². The molecule has 0 aromatic heterocycles. The Bertz CT molecular complexity index is 533. The molecule has 0 fully saturated rings. The fraction of sp³-hybridized carbons (Fsp3) is 0.200. The largest absolute Gasteiger partial charge is 0.497 e. The summed E-state index contributed by atoms with van der Waals surface area (Å²) in [4.78, 5) is 1.13. The minimum Gasteiger partial charge on any atom is -0.497 e. The summed E-state index contributed by atoms with van der Waals surface area (Å²) >= 11 is 1.62. The summed E-state index contributed by atoms with van der Waals surface area (Å²) < 4.78 is 18.8. The number of halogens is 1. The van der Waals surface area contributed by atoms with Gasteiger partial charge in [-0.1, -0.05) is 24.3 Å². The molecule has 1 atom stereocenters. The van der Waals surface area contributed by atoms with Crippen molar-refractivity contribution in [3.8, 4) is 5.75 Å². The first-order valence-corrected chi connectivity index (χ1v) is 6.96. The van der Waals surface area contributed by atoms with Gasteiger partial charge in [0, 0.05) is 28.3 Å². The van der Waals surface area contributed by atoms with Crippen LogP contribution in [0.1, 0.15) is 11.6 Å². The van der Waals surface area contributed by atoms with Crippen molar-refractivity contribution in [2.75, 3.05) is 12.9 Å². The molecule has 0 saturated heterocycles. The van der Waals surface area contributed by atoms with Crippen molar-refractivity contribution in [1.29, 1.82) is 0 Å². The van der Waals surface area contributed by atoms with Crippen LogP contribution in [-0.4, -0.2) is 12.9 Å². The molecule has 0 radical (unpaired) electrons. The van der Waals surface area contributed by atoms with Crippen LogP contribution < -0.4 is 10.5 Å². The van der Waals surface area contributed by atoms with Crippen molar-refractivity contribution in [2.24, 2.45) is 5.73 Å². The molecule has 2 aromatic rings. The molecule has 2 aromatic carbocycles. The van der Waals surface area contributed by atoms with E-state index in [1.165, 1.54) is 13.2 Å². The highest BCUT2D eigenvalue weighted by Gasteiger charge is 2.12. The lowest BCUT2D eigenvalue weighted by atomic mass is 10.1. The van der Waals surface area contributed by atoms with Gasteiger partial charge in [0.15, 0.2) is 0 Å². The number of benzene rings is 2. The van der Waals surface area contributed by atoms with Crippen molar-refractivity contribution in [3.05, 3.63) is 59.9 Å². The van der Waals surface area contributed by atoms with E-state index < -0.39 is 0 Å². The van der Waals surface area contributed by atoms with Crippen molar-refractivity contribution in [3.63, 3.8) is 0 Å². The van der Waals surface area contributed by atoms with Crippen LogP contribution in [0.25, 0.3) is 0 Å². The molecule has 2 nitrogen and oxygen atoms in total. The molecule has 0 spiro atoms. The van der Waals surface area contributed by atoms with Gasteiger partial charge in [-0.25, -0.2) is 4.39 Å². The summed E-state index contributed by atoms with van der Waals surface area (Å²) in [5, 5.41) is 0. The van der Waals surface area contributed by atoms with Gasteiger partial charge in [-0.3, -0.25) is 0 Å². The van der Waals surface area contributed by atoms with E-state index >= 15 is 0 Å². The molecule has 0 saturated carbocycles. The molecule has 0 bridgehead atoms. The molecule has 2 rings (SSSR count). The first-order valence-electron chi connectivity index (χ1n) is 5.97. The van der Waals surface area contributed by atoms with Gasteiger partial charge in [-0.15, -0.1) is 11.8 Å². The van der Waals surface area contributed by atoms with E-state index in [-0.39, 0.29) is 11.9 Å². The average Bonchev–Trinajstić information content (AvgIpc) is 2.45. The van der Waals surface area contributed by atoms with Crippen LogP contribution in [0.3, 0.4) is 0 Å². The van der Waals surface area contributed by atoms with Gasteiger partial charge >= 0.3 is 0 Å². The molecule has 2 N–H and O–H groups in total. The summed E-state index contributed by atoms with van der Waals surface area (Å²) in [7, 11) is 1.51. The maximum Gasteiger partial charge on any atom is 0.131 e. The van der Waals surface area contributed by atoms with E-state index in [9.17, 15) is 4.39 Å². The van der Waals surface area contributed by atoms with E-state index in [2.05, 4.69) is 0 Å². The molecule has 100 valence electrons. The van der Waals surface area contributed by atoms with Gasteiger partial charge in [0.1, 0.15) is 11.6 Å². The van der Waals surface area contributed by atoms with Gasteiger partial charge in [-0.05, 0) is 18.2 Å². The van der Waals surface area contributed by atoms with Gasteiger partial charge in [-0.2, -0.15) is 0 Å². The Kier molecular flexibility index (Phi) is 4.82. The number of nitrogens with two attached hydrogens (primary N) is 1. The van der Waals surface area contributed by atoms with Crippen LogP contribution >= 0.6 is 11.8 Å². The summed E-state index contributed by atoms with van der Waals surface area (Å²) in [5.41, 5.74) is 6.55. The standard InChI is InChI=1S/C15H16FNOS/c1-18-11-7-8-13(14(16)9-11)15(17)10-19-12-5-3-2-4-6-12/h2-9,15H,10,17H2,1H3. The van der Waals surface area contributed by atoms with Crippen LogP contribution in [0.5, 0.6) is 5.75 Å². The van der Waals surface area contributed by atoms with Gasteiger partial charge < -0.3 is 10.5 Å². The molecule has 0 heterocycles.